The molecule has 1 fully saturated rings. The summed E-state index contributed by atoms with van der Waals surface area (Å²) in [5, 5.41) is 21.9. The van der Waals surface area contributed by atoms with E-state index in [-0.39, 0.29) is 29.7 Å². The molecule has 0 aliphatic carbocycles. The highest BCUT2D eigenvalue weighted by Gasteiger charge is 2.26. The number of nitrogens with one attached hydrogen (secondary N) is 1. The summed E-state index contributed by atoms with van der Waals surface area (Å²) in [5.41, 5.74) is 6.79. The molecule has 188 valence electrons. The Morgan fingerprint density at radius 1 is 1.22 bits per heavy atom. The predicted octanol–water partition coefficient (Wildman–Crippen LogP) is 4.98. The molecule has 2 heterocycles. The van der Waals surface area contributed by atoms with Crippen LogP contribution in [0.4, 0.5) is 14.5 Å². The second-order valence-corrected chi connectivity index (χ2v) is 10.7. The van der Waals surface area contributed by atoms with E-state index in [9.17, 15) is 18.7 Å². The van der Waals surface area contributed by atoms with Gasteiger partial charge in [-0.05, 0) is 68.1 Å². The van der Waals surface area contributed by atoms with Crippen molar-refractivity contribution < 1.29 is 18.7 Å². The van der Waals surface area contributed by atoms with Crippen LogP contribution in [0.2, 0.25) is 0 Å². The maximum atomic E-state index is 15.0. The van der Waals surface area contributed by atoms with Crippen LogP contribution in [0.3, 0.4) is 0 Å². The molecule has 1 aliphatic rings. The van der Waals surface area contributed by atoms with E-state index >= 15 is 0 Å². The minimum absolute atomic E-state index is 0.0766. The molecular weight excluding hydrogens is 482 g/mol. The van der Waals surface area contributed by atoms with Crippen LogP contribution >= 0.6 is 11.3 Å². The fourth-order valence-corrected chi connectivity index (χ4v) is 5.30. The summed E-state index contributed by atoms with van der Waals surface area (Å²) >= 11 is 1.21. The third-order valence-electron chi connectivity index (χ3n) is 6.03. The van der Waals surface area contributed by atoms with E-state index in [4.69, 9.17) is 11.0 Å². The SMILES string of the molecule is CC(C)(O)CNc1ccc(-c2sc(C(=O)N3CCCC(N)C3)cc2-c2ccc(C#N)c(F)c2)cc1F. The number of nitrogens with two attached hydrogens (primary N) is 1. The molecule has 3 aromatic rings. The van der Waals surface area contributed by atoms with Crippen LogP contribution in [0, 0.1) is 23.0 Å². The summed E-state index contributed by atoms with van der Waals surface area (Å²) in [4.78, 5) is 16.1. The number of nitrogens with zero attached hydrogens (tertiary/aromatic N) is 2. The van der Waals surface area contributed by atoms with Gasteiger partial charge in [-0.25, -0.2) is 8.78 Å². The Morgan fingerprint density at radius 2 is 1.94 bits per heavy atom. The first-order valence-electron chi connectivity index (χ1n) is 11.7. The van der Waals surface area contributed by atoms with Gasteiger partial charge in [0.05, 0.1) is 21.7 Å². The van der Waals surface area contributed by atoms with Crippen LogP contribution in [0.15, 0.2) is 42.5 Å². The number of halogens is 2. The predicted molar refractivity (Wildman–Crippen MR) is 138 cm³/mol. The minimum Gasteiger partial charge on any atom is -0.389 e. The van der Waals surface area contributed by atoms with Crippen LogP contribution in [0.25, 0.3) is 21.6 Å². The molecule has 36 heavy (non-hydrogen) atoms. The van der Waals surface area contributed by atoms with Crippen molar-refractivity contribution in [2.45, 2.75) is 38.3 Å². The maximum absolute atomic E-state index is 15.0. The van der Waals surface area contributed by atoms with E-state index in [1.54, 1.807) is 43.0 Å². The van der Waals surface area contributed by atoms with E-state index < -0.39 is 17.2 Å². The summed E-state index contributed by atoms with van der Waals surface area (Å²) < 4.78 is 29.5. The molecule has 1 atom stereocenters. The van der Waals surface area contributed by atoms with E-state index in [0.717, 1.165) is 12.8 Å². The highest BCUT2D eigenvalue weighted by molar-refractivity contribution is 7.18. The van der Waals surface area contributed by atoms with Crippen molar-refractivity contribution in [3.63, 3.8) is 0 Å². The second-order valence-electron chi connectivity index (χ2n) is 9.67. The van der Waals surface area contributed by atoms with Crippen molar-refractivity contribution in [1.29, 1.82) is 5.26 Å². The van der Waals surface area contributed by atoms with Crippen LogP contribution in [0.5, 0.6) is 0 Å². The number of piperidine rings is 1. The van der Waals surface area contributed by atoms with E-state index in [2.05, 4.69) is 5.32 Å². The monoisotopic (exact) mass is 510 g/mol. The van der Waals surface area contributed by atoms with Gasteiger partial charge in [0, 0.05) is 36.1 Å². The van der Waals surface area contributed by atoms with E-state index in [1.165, 1.54) is 29.5 Å². The van der Waals surface area contributed by atoms with Crippen molar-refractivity contribution in [3.8, 4) is 27.6 Å². The number of hydrogen-bond acceptors (Lipinski definition) is 6. The molecule has 1 saturated heterocycles. The van der Waals surface area contributed by atoms with Crippen LogP contribution in [-0.2, 0) is 0 Å². The van der Waals surface area contributed by atoms with Gasteiger partial charge in [-0.2, -0.15) is 5.26 Å². The molecule has 1 aliphatic heterocycles. The average Bonchev–Trinajstić information content (AvgIpc) is 3.27. The van der Waals surface area contributed by atoms with Crippen LogP contribution in [0.1, 0.15) is 41.9 Å². The lowest BCUT2D eigenvalue weighted by Gasteiger charge is -2.30. The van der Waals surface area contributed by atoms with Crippen molar-refractivity contribution >= 4 is 22.9 Å². The average molecular weight is 511 g/mol. The van der Waals surface area contributed by atoms with Crippen molar-refractivity contribution in [3.05, 3.63) is 64.5 Å². The summed E-state index contributed by atoms with van der Waals surface area (Å²) in [6, 6.07) is 12.3. The summed E-state index contributed by atoms with van der Waals surface area (Å²) in [6.45, 7) is 4.47. The number of carbonyl (C=O) groups excluding carboxylic acids is 1. The molecule has 9 heteroatoms. The van der Waals surface area contributed by atoms with Gasteiger partial charge in [-0.15, -0.1) is 11.3 Å². The topological polar surface area (TPSA) is 102 Å². The van der Waals surface area contributed by atoms with Crippen LogP contribution in [-0.4, -0.2) is 47.2 Å². The quantitative estimate of drug-likeness (QED) is 0.434. The highest BCUT2D eigenvalue weighted by Crippen LogP contribution is 2.41. The lowest BCUT2D eigenvalue weighted by molar-refractivity contribution is 0.0713. The Balaban J connectivity index is 1.75. The lowest BCUT2D eigenvalue weighted by atomic mass is 10.00. The standard InChI is InChI=1S/C27H28F2N4O2S/c1-27(2,35)15-32-23-8-7-17(11-22(23)29)25-20(16-5-6-18(13-30)21(28)10-16)12-24(36-25)26(34)33-9-3-4-19(31)14-33/h5-8,10-12,19,32,35H,3-4,9,14-15,31H2,1-2H3. The Bertz CT molecular complexity index is 1330. The zero-order chi connectivity index (χ0) is 26.0. The number of nitriles is 1. The van der Waals surface area contributed by atoms with Gasteiger partial charge in [0.1, 0.15) is 17.7 Å². The molecule has 2 aromatic carbocycles. The fraction of sp³-hybridized carbons (Fsp3) is 0.333. The molecule has 1 amide bonds. The second kappa shape index (κ2) is 10.3. The molecule has 1 unspecified atom stereocenters. The summed E-state index contributed by atoms with van der Waals surface area (Å²) in [5.74, 6) is -1.35. The number of hydrogen-bond donors (Lipinski definition) is 3. The molecule has 1 aromatic heterocycles. The highest BCUT2D eigenvalue weighted by atomic mass is 32.1. The number of likely N-dealkylation sites (tertiary alicyclic amines) is 1. The Labute approximate surface area is 213 Å². The Hall–Kier alpha value is -3.32. The Kier molecular flexibility index (Phi) is 7.41. The zero-order valence-electron chi connectivity index (χ0n) is 20.1. The van der Waals surface area contributed by atoms with Gasteiger partial charge in [-0.3, -0.25) is 4.79 Å². The van der Waals surface area contributed by atoms with Crippen molar-refractivity contribution in [2.24, 2.45) is 5.73 Å². The number of carbonyl (C=O) groups is 1. The van der Waals surface area contributed by atoms with Crippen molar-refractivity contribution in [1.82, 2.24) is 4.90 Å². The number of anilines is 1. The van der Waals surface area contributed by atoms with E-state index in [1.807, 2.05) is 6.07 Å². The molecule has 0 saturated carbocycles. The molecule has 0 spiro atoms. The first kappa shape index (κ1) is 25.8. The van der Waals surface area contributed by atoms with Gasteiger partial charge in [-0.1, -0.05) is 12.1 Å². The zero-order valence-corrected chi connectivity index (χ0v) is 21.0. The number of thiophene rings is 1. The first-order valence-corrected chi connectivity index (χ1v) is 12.5. The van der Waals surface area contributed by atoms with Gasteiger partial charge in [0.25, 0.3) is 5.91 Å². The van der Waals surface area contributed by atoms with Gasteiger partial charge in [0.2, 0.25) is 0 Å². The summed E-state index contributed by atoms with van der Waals surface area (Å²) in [6.07, 6.45) is 1.69. The third-order valence-corrected chi connectivity index (χ3v) is 7.20. The number of rotatable bonds is 6. The number of amides is 1. The van der Waals surface area contributed by atoms with Gasteiger partial charge < -0.3 is 21.1 Å². The minimum atomic E-state index is -1.02. The van der Waals surface area contributed by atoms with Crippen LogP contribution < -0.4 is 11.1 Å². The molecule has 4 rings (SSSR count). The molecular formula is C27H28F2N4O2S. The number of aliphatic hydroxyl groups is 1. The fourth-order valence-electron chi connectivity index (χ4n) is 4.16. The van der Waals surface area contributed by atoms with Gasteiger partial charge >= 0.3 is 0 Å². The third kappa shape index (κ3) is 5.73. The maximum Gasteiger partial charge on any atom is 0.264 e. The Morgan fingerprint density at radius 3 is 2.58 bits per heavy atom. The normalized spacial score (nSPS) is 16.0. The molecule has 0 radical (unpaired) electrons. The van der Waals surface area contributed by atoms with E-state index in [0.29, 0.717) is 39.5 Å². The largest absolute Gasteiger partial charge is 0.389 e. The molecule has 6 nitrogen and oxygen atoms in total. The smallest absolute Gasteiger partial charge is 0.264 e. The molecule has 4 N–H and O–H groups in total. The van der Waals surface area contributed by atoms with Crippen molar-refractivity contribution in [2.75, 3.05) is 25.0 Å². The lowest BCUT2D eigenvalue weighted by Crippen LogP contribution is -2.45. The first-order chi connectivity index (χ1) is 17.1. The molecule has 0 bridgehead atoms. The summed E-state index contributed by atoms with van der Waals surface area (Å²) in [7, 11) is 0. The van der Waals surface area contributed by atoms with Gasteiger partial charge in [0.15, 0.2) is 0 Å². The number of benzene rings is 2.